The summed E-state index contributed by atoms with van der Waals surface area (Å²) in [5.41, 5.74) is 3.65. The monoisotopic (exact) mass is 362 g/mol. The number of hydrogen-bond acceptors (Lipinski definition) is 5. The lowest BCUT2D eigenvalue weighted by Crippen LogP contribution is -2.48. The fourth-order valence-electron chi connectivity index (χ4n) is 3.21. The smallest absolute Gasteiger partial charge is 0.276 e. The van der Waals surface area contributed by atoms with Crippen LogP contribution in [0.5, 0.6) is 0 Å². The van der Waals surface area contributed by atoms with Crippen LogP contribution in [0.1, 0.15) is 21.6 Å². The number of aromatic nitrogens is 4. The van der Waals surface area contributed by atoms with E-state index in [0.29, 0.717) is 18.8 Å². The van der Waals surface area contributed by atoms with Gasteiger partial charge in [0.05, 0.1) is 11.9 Å². The van der Waals surface area contributed by atoms with Gasteiger partial charge in [-0.1, -0.05) is 29.0 Å². The number of benzene rings is 1. The minimum atomic E-state index is -0.0608. The third-order valence-electron chi connectivity index (χ3n) is 4.80. The average Bonchev–Trinajstić information content (AvgIpc) is 3.20. The molecular formula is C20H22N6O. The molecule has 3 aromatic rings. The number of carbonyl (C=O) groups is 1. The molecular weight excluding hydrogens is 340 g/mol. The Morgan fingerprint density at radius 2 is 1.85 bits per heavy atom. The highest BCUT2D eigenvalue weighted by atomic mass is 16.2. The lowest BCUT2D eigenvalue weighted by atomic mass is 10.2. The van der Waals surface area contributed by atoms with E-state index >= 15 is 0 Å². The van der Waals surface area contributed by atoms with Crippen molar-refractivity contribution in [2.24, 2.45) is 0 Å². The van der Waals surface area contributed by atoms with Gasteiger partial charge in [0.2, 0.25) is 0 Å². The second-order valence-electron chi connectivity index (χ2n) is 6.81. The quantitative estimate of drug-likeness (QED) is 0.709. The SMILES string of the molecule is Cc1ccc(-n2cc(C(=O)N3CCN(Cc4cccnc4)CC3)nn2)cc1. The molecule has 1 aromatic carbocycles. The maximum absolute atomic E-state index is 12.7. The summed E-state index contributed by atoms with van der Waals surface area (Å²) in [6, 6.07) is 12.0. The summed E-state index contributed by atoms with van der Waals surface area (Å²) in [7, 11) is 0. The summed E-state index contributed by atoms with van der Waals surface area (Å²) in [6.07, 6.45) is 5.37. The van der Waals surface area contributed by atoms with Crippen molar-refractivity contribution in [3.8, 4) is 5.69 Å². The molecule has 138 valence electrons. The Morgan fingerprint density at radius 1 is 1.07 bits per heavy atom. The van der Waals surface area contributed by atoms with Gasteiger partial charge < -0.3 is 4.90 Å². The average molecular weight is 362 g/mol. The largest absolute Gasteiger partial charge is 0.335 e. The molecule has 0 radical (unpaired) electrons. The van der Waals surface area contributed by atoms with Crippen LogP contribution >= 0.6 is 0 Å². The molecule has 0 spiro atoms. The number of carbonyl (C=O) groups excluding carboxylic acids is 1. The standard InChI is InChI=1S/C20H22N6O/c1-16-4-6-18(7-5-16)26-15-19(22-23-26)20(27)25-11-9-24(10-12-25)14-17-3-2-8-21-13-17/h2-8,13,15H,9-12,14H2,1H3. The van der Waals surface area contributed by atoms with Crippen LogP contribution in [-0.2, 0) is 6.54 Å². The van der Waals surface area contributed by atoms with Gasteiger partial charge in [-0.25, -0.2) is 4.68 Å². The number of piperazine rings is 1. The maximum atomic E-state index is 12.7. The lowest BCUT2D eigenvalue weighted by molar-refractivity contribution is 0.0622. The maximum Gasteiger partial charge on any atom is 0.276 e. The minimum Gasteiger partial charge on any atom is -0.335 e. The first kappa shape index (κ1) is 17.4. The van der Waals surface area contributed by atoms with E-state index in [1.54, 1.807) is 17.1 Å². The van der Waals surface area contributed by atoms with E-state index in [1.165, 1.54) is 11.1 Å². The lowest BCUT2D eigenvalue weighted by Gasteiger charge is -2.34. The van der Waals surface area contributed by atoms with E-state index in [4.69, 9.17) is 0 Å². The van der Waals surface area contributed by atoms with Crippen molar-refractivity contribution in [3.05, 3.63) is 71.8 Å². The number of hydrogen-bond donors (Lipinski definition) is 0. The van der Waals surface area contributed by atoms with E-state index in [9.17, 15) is 4.79 Å². The minimum absolute atomic E-state index is 0.0608. The number of amides is 1. The molecule has 0 unspecified atom stereocenters. The second kappa shape index (κ2) is 7.67. The summed E-state index contributed by atoms with van der Waals surface area (Å²) in [5, 5.41) is 8.18. The van der Waals surface area contributed by atoms with Gasteiger partial charge in [-0.3, -0.25) is 14.7 Å². The normalized spacial score (nSPS) is 15.1. The van der Waals surface area contributed by atoms with Gasteiger partial charge in [0.25, 0.3) is 5.91 Å². The van der Waals surface area contributed by atoms with Crippen molar-refractivity contribution < 1.29 is 4.79 Å². The van der Waals surface area contributed by atoms with Crippen LogP contribution in [-0.4, -0.2) is 61.9 Å². The summed E-state index contributed by atoms with van der Waals surface area (Å²) in [4.78, 5) is 21.1. The van der Waals surface area contributed by atoms with E-state index < -0.39 is 0 Å². The summed E-state index contributed by atoms with van der Waals surface area (Å²) < 4.78 is 1.64. The van der Waals surface area contributed by atoms with Crippen LogP contribution in [0.25, 0.3) is 5.69 Å². The first-order chi connectivity index (χ1) is 13.2. The van der Waals surface area contributed by atoms with Gasteiger partial charge in [-0.05, 0) is 30.7 Å². The zero-order valence-electron chi connectivity index (χ0n) is 15.3. The highest BCUT2D eigenvalue weighted by Crippen LogP contribution is 2.12. The molecule has 7 nitrogen and oxygen atoms in total. The fourth-order valence-corrected chi connectivity index (χ4v) is 3.21. The first-order valence-corrected chi connectivity index (χ1v) is 9.09. The van der Waals surface area contributed by atoms with E-state index in [2.05, 4.69) is 26.3 Å². The molecule has 1 saturated heterocycles. The summed E-state index contributed by atoms with van der Waals surface area (Å²) in [5.74, 6) is -0.0608. The van der Waals surface area contributed by atoms with Gasteiger partial charge in [0, 0.05) is 45.1 Å². The van der Waals surface area contributed by atoms with E-state index in [1.807, 2.05) is 48.4 Å². The van der Waals surface area contributed by atoms with Gasteiger partial charge in [-0.15, -0.1) is 5.10 Å². The van der Waals surface area contributed by atoms with Crippen LogP contribution in [0.3, 0.4) is 0 Å². The summed E-state index contributed by atoms with van der Waals surface area (Å²) >= 11 is 0. The van der Waals surface area contributed by atoms with Crippen LogP contribution in [0.2, 0.25) is 0 Å². The van der Waals surface area contributed by atoms with Gasteiger partial charge in [-0.2, -0.15) is 0 Å². The highest BCUT2D eigenvalue weighted by molar-refractivity contribution is 5.92. The van der Waals surface area contributed by atoms with Crippen molar-refractivity contribution >= 4 is 5.91 Å². The van der Waals surface area contributed by atoms with Crippen molar-refractivity contribution in [2.45, 2.75) is 13.5 Å². The molecule has 2 aromatic heterocycles. The zero-order chi connectivity index (χ0) is 18.6. The Balaban J connectivity index is 1.36. The molecule has 1 aliphatic heterocycles. The van der Waals surface area contributed by atoms with E-state index in [-0.39, 0.29) is 5.91 Å². The van der Waals surface area contributed by atoms with Gasteiger partial charge >= 0.3 is 0 Å². The number of nitrogens with zero attached hydrogens (tertiary/aromatic N) is 6. The van der Waals surface area contributed by atoms with Crippen LogP contribution in [0.15, 0.2) is 55.0 Å². The molecule has 27 heavy (non-hydrogen) atoms. The molecule has 0 saturated carbocycles. The zero-order valence-corrected chi connectivity index (χ0v) is 15.3. The molecule has 0 aliphatic carbocycles. The highest BCUT2D eigenvalue weighted by Gasteiger charge is 2.24. The van der Waals surface area contributed by atoms with Crippen LogP contribution in [0, 0.1) is 6.92 Å². The Hall–Kier alpha value is -3.06. The third-order valence-corrected chi connectivity index (χ3v) is 4.80. The predicted molar refractivity (Wildman–Crippen MR) is 102 cm³/mol. The molecule has 1 amide bonds. The number of pyridine rings is 1. The number of rotatable bonds is 4. The van der Waals surface area contributed by atoms with Crippen molar-refractivity contribution in [2.75, 3.05) is 26.2 Å². The third kappa shape index (κ3) is 4.03. The van der Waals surface area contributed by atoms with Crippen molar-refractivity contribution in [3.63, 3.8) is 0 Å². The molecule has 3 heterocycles. The summed E-state index contributed by atoms with van der Waals surface area (Å²) in [6.45, 7) is 5.96. The second-order valence-corrected chi connectivity index (χ2v) is 6.81. The predicted octanol–water partition coefficient (Wildman–Crippen LogP) is 1.93. The van der Waals surface area contributed by atoms with Crippen molar-refractivity contribution in [1.29, 1.82) is 0 Å². The molecule has 1 aliphatic rings. The van der Waals surface area contributed by atoms with Crippen LogP contribution < -0.4 is 0 Å². The van der Waals surface area contributed by atoms with Crippen LogP contribution in [0.4, 0.5) is 0 Å². The Labute approximate surface area is 158 Å². The molecule has 0 bridgehead atoms. The molecule has 4 rings (SSSR count). The molecule has 1 fully saturated rings. The van der Waals surface area contributed by atoms with Gasteiger partial charge in [0.15, 0.2) is 5.69 Å². The topological polar surface area (TPSA) is 67.2 Å². The first-order valence-electron chi connectivity index (χ1n) is 9.09. The molecule has 0 atom stereocenters. The van der Waals surface area contributed by atoms with Gasteiger partial charge in [0.1, 0.15) is 0 Å². The molecule has 7 heteroatoms. The van der Waals surface area contributed by atoms with E-state index in [0.717, 1.165) is 25.3 Å². The molecule has 0 N–H and O–H groups in total. The fraction of sp³-hybridized carbons (Fsp3) is 0.300. The Bertz CT molecular complexity index is 898. The Morgan fingerprint density at radius 3 is 2.56 bits per heavy atom. The Kier molecular flexibility index (Phi) is 4.93. The van der Waals surface area contributed by atoms with Crippen molar-refractivity contribution in [1.82, 2.24) is 29.8 Å². The number of aryl methyl sites for hydroxylation is 1.